The number of nitrogens with zero attached hydrogens (tertiary/aromatic N) is 3. The summed E-state index contributed by atoms with van der Waals surface area (Å²) in [6.07, 6.45) is -4.07. The molecule has 0 atom stereocenters. The van der Waals surface area contributed by atoms with Crippen molar-refractivity contribution in [1.29, 1.82) is 0 Å². The molecule has 2 rings (SSSR count). The minimum atomic E-state index is -4.60. The second-order valence-electron chi connectivity index (χ2n) is 5.27. The molecule has 1 aromatic rings. The maximum absolute atomic E-state index is 13.0. The van der Waals surface area contributed by atoms with Gasteiger partial charge < -0.3 is 9.94 Å². The minimum absolute atomic E-state index is 0.0566. The number of alkyl halides is 3. The van der Waals surface area contributed by atoms with Gasteiger partial charge in [0.1, 0.15) is 10.6 Å². The third-order valence-corrected chi connectivity index (χ3v) is 3.93. The molecule has 0 saturated heterocycles. The molecule has 1 aliphatic heterocycles. The predicted molar refractivity (Wildman–Crippen MR) is 73.1 cm³/mol. The number of aromatic nitrogens is 2. The van der Waals surface area contributed by atoms with E-state index in [1.54, 1.807) is 6.92 Å². The molecule has 1 aromatic heterocycles. The molecule has 0 aliphatic carbocycles. The summed E-state index contributed by atoms with van der Waals surface area (Å²) >= 11 is 1.12. The van der Waals surface area contributed by atoms with Crippen molar-refractivity contribution in [1.82, 2.24) is 9.78 Å². The summed E-state index contributed by atoms with van der Waals surface area (Å²) in [7, 11) is 0. The third-order valence-electron chi connectivity index (χ3n) is 2.94. The van der Waals surface area contributed by atoms with Crippen LogP contribution in [0.3, 0.4) is 0 Å². The Bertz CT molecular complexity index is 567. The lowest BCUT2D eigenvalue weighted by Gasteiger charge is -2.13. The Labute approximate surface area is 124 Å². The van der Waals surface area contributed by atoms with Crippen molar-refractivity contribution >= 4 is 16.8 Å². The van der Waals surface area contributed by atoms with Crippen molar-refractivity contribution in [2.75, 3.05) is 0 Å². The first kappa shape index (κ1) is 16.0. The minimum Gasteiger partial charge on any atom is -0.493 e. The molecule has 0 saturated carbocycles. The van der Waals surface area contributed by atoms with Crippen molar-refractivity contribution in [3.05, 3.63) is 11.3 Å². The normalized spacial score (nSPS) is 17.7. The van der Waals surface area contributed by atoms with Gasteiger partial charge in [-0.25, -0.2) is 4.68 Å². The number of aromatic hydroxyl groups is 1. The fourth-order valence-corrected chi connectivity index (χ4v) is 3.02. The predicted octanol–water partition coefficient (Wildman–Crippen LogP) is 3.37. The van der Waals surface area contributed by atoms with Gasteiger partial charge in [-0.2, -0.15) is 18.3 Å². The van der Waals surface area contributed by atoms with Gasteiger partial charge in [0, 0.05) is 18.7 Å². The summed E-state index contributed by atoms with van der Waals surface area (Å²) in [5.74, 6) is -0.505. The van der Waals surface area contributed by atoms with Crippen LogP contribution >= 0.6 is 11.8 Å². The Morgan fingerprint density at radius 3 is 2.57 bits per heavy atom. The smallest absolute Gasteiger partial charge is 0.435 e. The average Bonchev–Trinajstić information content (AvgIpc) is 2.86. The van der Waals surface area contributed by atoms with Crippen LogP contribution < -0.4 is 0 Å². The molecule has 0 spiro atoms. The lowest BCUT2D eigenvalue weighted by molar-refractivity contribution is -0.142. The van der Waals surface area contributed by atoms with Gasteiger partial charge >= 0.3 is 6.18 Å². The van der Waals surface area contributed by atoms with E-state index in [1.165, 1.54) is 0 Å². The van der Waals surface area contributed by atoms with Gasteiger partial charge in [0.15, 0.2) is 5.69 Å². The summed E-state index contributed by atoms with van der Waals surface area (Å²) in [6, 6.07) is 0. The summed E-state index contributed by atoms with van der Waals surface area (Å²) < 4.78 is 39.8. The zero-order chi connectivity index (χ0) is 15.8. The van der Waals surface area contributed by atoms with Gasteiger partial charge in [-0.15, -0.1) is 11.8 Å². The SMILES string of the molecule is CCn1nc(C(F)(F)F)c(CSC2=NOC(C)(C)C2)c1O. The zero-order valence-corrected chi connectivity index (χ0v) is 12.7. The van der Waals surface area contributed by atoms with E-state index in [4.69, 9.17) is 4.84 Å². The number of thioether (sulfide) groups is 1. The summed E-state index contributed by atoms with van der Waals surface area (Å²) in [6.45, 7) is 5.47. The highest BCUT2D eigenvalue weighted by molar-refractivity contribution is 8.13. The highest BCUT2D eigenvalue weighted by atomic mass is 32.2. The van der Waals surface area contributed by atoms with Crippen molar-refractivity contribution < 1.29 is 23.1 Å². The first-order chi connectivity index (χ1) is 9.64. The Morgan fingerprint density at radius 1 is 1.43 bits per heavy atom. The van der Waals surface area contributed by atoms with E-state index in [1.807, 2.05) is 13.8 Å². The number of rotatable bonds is 3. The van der Waals surface area contributed by atoms with Crippen LogP contribution in [-0.2, 0) is 23.3 Å². The van der Waals surface area contributed by atoms with Crippen LogP contribution in [-0.4, -0.2) is 25.5 Å². The Morgan fingerprint density at radius 2 is 2.10 bits per heavy atom. The molecule has 1 N–H and O–H groups in total. The number of hydrogen-bond donors (Lipinski definition) is 1. The van der Waals surface area contributed by atoms with Crippen LogP contribution in [0.2, 0.25) is 0 Å². The molecule has 0 bridgehead atoms. The molecular formula is C12H16F3N3O2S. The van der Waals surface area contributed by atoms with E-state index >= 15 is 0 Å². The van der Waals surface area contributed by atoms with Gasteiger partial charge in [0.05, 0.1) is 5.56 Å². The van der Waals surface area contributed by atoms with Gasteiger partial charge in [0.2, 0.25) is 5.88 Å². The number of aryl methyl sites for hydroxylation is 1. The summed E-state index contributed by atoms with van der Waals surface area (Å²) in [4.78, 5) is 5.16. The second kappa shape index (κ2) is 5.43. The van der Waals surface area contributed by atoms with Gasteiger partial charge in [-0.1, -0.05) is 5.16 Å². The van der Waals surface area contributed by atoms with E-state index in [9.17, 15) is 18.3 Å². The molecule has 0 amide bonds. The molecule has 0 fully saturated rings. The van der Waals surface area contributed by atoms with Crippen LogP contribution in [0.1, 0.15) is 38.4 Å². The van der Waals surface area contributed by atoms with Gasteiger partial charge in [-0.05, 0) is 20.8 Å². The molecule has 0 aromatic carbocycles. The molecule has 0 unspecified atom stereocenters. The second-order valence-corrected chi connectivity index (χ2v) is 6.31. The fourth-order valence-electron chi connectivity index (χ4n) is 1.91. The molecule has 2 heterocycles. The quantitative estimate of drug-likeness (QED) is 0.926. The molecule has 0 radical (unpaired) electrons. The van der Waals surface area contributed by atoms with Crippen LogP contribution in [0.5, 0.6) is 5.88 Å². The number of hydrogen-bond acceptors (Lipinski definition) is 5. The Hall–Kier alpha value is -1.38. The average molecular weight is 323 g/mol. The van der Waals surface area contributed by atoms with E-state index < -0.39 is 23.4 Å². The van der Waals surface area contributed by atoms with Crippen molar-refractivity contribution in [3.8, 4) is 5.88 Å². The van der Waals surface area contributed by atoms with Crippen LogP contribution in [0.15, 0.2) is 5.16 Å². The first-order valence-corrected chi connectivity index (χ1v) is 7.36. The fraction of sp³-hybridized carbons (Fsp3) is 0.667. The lowest BCUT2D eigenvalue weighted by Crippen LogP contribution is -2.18. The van der Waals surface area contributed by atoms with E-state index in [0.29, 0.717) is 11.5 Å². The van der Waals surface area contributed by atoms with E-state index in [2.05, 4.69) is 10.3 Å². The molecule has 9 heteroatoms. The highest BCUT2D eigenvalue weighted by Gasteiger charge is 2.39. The topological polar surface area (TPSA) is 59.6 Å². The molecular weight excluding hydrogens is 307 g/mol. The lowest BCUT2D eigenvalue weighted by atomic mass is 10.1. The molecule has 1 aliphatic rings. The van der Waals surface area contributed by atoms with E-state index in [0.717, 1.165) is 16.4 Å². The first-order valence-electron chi connectivity index (χ1n) is 6.37. The van der Waals surface area contributed by atoms with Gasteiger partial charge in [0.25, 0.3) is 0 Å². The molecule has 21 heavy (non-hydrogen) atoms. The molecule has 5 nitrogen and oxygen atoms in total. The number of oxime groups is 1. The summed E-state index contributed by atoms with van der Waals surface area (Å²) in [5, 5.41) is 17.7. The van der Waals surface area contributed by atoms with Crippen molar-refractivity contribution in [2.45, 2.75) is 51.3 Å². The van der Waals surface area contributed by atoms with Crippen LogP contribution in [0.25, 0.3) is 0 Å². The zero-order valence-electron chi connectivity index (χ0n) is 11.9. The highest BCUT2D eigenvalue weighted by Crippen LogP contribution is 2.38. The maximum atomic E-state index is 13.0. The number of halogens is 3. The standard InChI is InChI=1S/C12H16F3N3O2S/c1-4-18-10(19)7(9(16-18)12(13,14)15)6-21-8-5-11(2,3)20-17-8/h19H,4-6H2,1-3H3. The van der Waals surface area contributed by atoms with Crippen molar-refractivity contribution in [2.24, 2.45) is 5.16 Å². The monoisotopic (exact) mass is 323 g/mol. The maximum Gasteiger partial charge on any atom is 0.435 e. The largest absolute Gasteiger partial charge is 0.493 e. The third kappa shape index (κ3) is 3.45. The summed E-state index contributed by atoms with van der Waals surface area (Å²) in [5.41, 5.74) is -1.71. The Balaban J connectivity index is 2.18. The van der Waals surface area contributed by atoms with Crippen LogP contribution in [0, 0.1) is 0 Å². The molecule has 118 valence electrons. The van der Waals surface area contributed by atoms with Crippen molar-refractivity contribution in [3.63, 3.8) is 0 Å². The van der Waals surface area contributed by atoms with Crippen LogP contribution in [0.4, 0.5) is 13.2 Å². The Kier molecular flexibility index (Phi) is 4.14. The van der Waals surface area contributed by atoms with Gasteiger partial charge in [-0.3, -0.25) is 0 Å². The van der Waals surface area contributed by atoms with E-state index in [-0.39, 0.29) is 17.9 Å².